The average Bonchev–Trinajstić information content (AvgIpc) is 3.33. The molecular formula is C57H69O16P. The first-order valence-corrected chi connectivity index (χ1v) is 25.2. The lowest BCUT2D eigenvalue weighted by atomic mass is 9.96. The largest absolute Gasteiger partial charge is 0.647 e. The number of carbonyl (C=O) groups is 6. The molecule has 17 heteroatoms. The number of carbonyl (C=O) groups excluding carboxylic acids is 6. The Labute approximate surface area is 434 Å². The zero-order valence-corrected chi connectivity index (χ0v) is 45.1. The topological polar surface area (TPSA) is 203 Å². The molecule has 0 saturated carbocycles. The predicted octanol–water partition coefficient (Wildman–Crippen LogP) is 10.2. The third-order valence-electron chi connectivity index (χ3n) is 11.2. The van der Waals surface area contributed by atoms with Crippen LogP contribution in [0.1, 0.15) is 91.6 Å². The smallest absolute Gasteiger partial charge is 0.462 e. The number of hydrogen-bond donors (Lipinski definition) is 0. The van der Waals surface area contributed by atoms with Gasteiger partial charge in [-0.05, 0) is 131 Å². The maximum absolute atomic E-state index is 15.7. The number of benzene rings is 3. The van der Waals surface area contributed by atoms with Crippen molar-refractivity contribution in [3.05, 3.63) is 159 Å². The van der Waals surface area contributed by atoms with Crippen molar-refractivity contribution in [2.45, 2.75) is 101 Å². The third kappa shape index (κ3) is 18.5. The number of phosphoric ester groups is 1. The van der Waals surface area contributed by atoms with Gasteiger partial charge in [-0.1, -0.05) is 57.7 Å². The molecule has 398 valence electrons. The molecule has 0 bridgehead atoms. The van der Waals surface area contributed by atoms with Crippen LogP contribution in [-0.4, -0.2) is 75.5 Å². The summed E-state index contributed by atoms with van der Waals surface area (Å²) in [6, 6.07) is 9.82. The van der Waals surface area contributed by atoms with Gasteiger partial charge in [0, 0.05) is 72.0 Å². The first-order valence-electron chi connectivity index (χ1n) is 23.7. The molecule has 3 aromatic rings. The summed E-state index contributed by atoms with van der Waals surface area (Å²) < 4.78 is 67.6. The number of phosphoric acid groups is 1. The number of rotatable bonds is 30. The zero-order chi connectivity index (χ0) is 55.4. The van der Waals surface area contributed by atoms with Crippen LogP contribution >= 0.6 is 7.82 Å². The van der Waals surface area contributed by atoms with Crippen LogP contribution in [0.2, 0.25) is 0 Å². The van der Waals surface area contributed by atoms with Gasteiger partial charge >= 0.3 is 43.6 Å². The standard InChI is InChI=1S/C57H69O16P/c1-34(2)52(58)65-28-22-43-16-19-49(40(13)46(43)25-31-68-55(61)37(7)8)71-74(64,72-50-20-17-44(23-29-66-53(59)35(3)4)47(41(50)14)26-32-69-56(62)38(9)10)73-51-21-18-45(24-30-67-54(60)36(5)6)48(42(51)15)27-33-70-57(63)39(11)12/h16-21H,1,3,5,7,9,11,22-33H2,2,4,6,8,10,12-15H3. The van der Waals surface area contributed by atoms with E-state index in [-0.39, 0.29) is 129 Å². The molecular weight excluding hydrogens is 972 g/mol. The van der Waals surface area contributed by atoms with Gasteiger partial charge in [0.1, 0.15) is 17.2 Å². The van der Waals surface area contributed by atoms with Crippen molar-refractivity contribution in [3.8, 4) is 17.2 Å². The van der Waals surface area contributed by atoms with E-state index in [1.165, 1.54) is 41.5 Å². The Morgan fingerprint density at radius 3 is 0.730 bits per heavy atom. The van der Waals surface area contributed by atoms with Gasteiger partial charge in [-0.2, -0.15) is 4.57 Å². The second kappa shape index (κ2) is 28.7. The molecule has 3 aromatic carbocycles. The van der Waals surface area contributed by atoms with Gasteiger partial charge < -0.3 is 42.0 Å². The summed E-state index contributed by atoms with van der Waals surface area (Å²) in [5.41, 5.74) is 6.75. The van der Waals surface area contributed by atoms with Gasteiger partial charge in [-0.3, -0.25) is 0 Å². The van der Waals surface area contributed by atoms with E-state index >= 15 is 4.57 Å². The molecule has 16 nitrogen and oxygen atoms in total. The molecule has 0 atom stereocenters. The lowest BCUT2D eigenvalue weighted by Gasteiger charge is -2.25. The highest BCUT2D eigenvalue weighted by Crippen LogP contribution is 2.53. The van der Waals surface area contributed by atoms with Crippen LogP contribution in [0.15, 0.2) is 109 Å². The summed E-state index contributed by atoms with van der Waals surface area (Å²) in [4.78, 5) is 74.1. The van der Waals surface area contributed by atoms with Crippen LogP contribution in [0.25, 0.3) is 0 Å². The Hall–Kier alpha value is -7.45. The van der Waals surface area contributed by atoms with Crippen LogP contribution < -0.4 is 13.6 Å². The predicted molar refractivity (Wildman–Crippen MR) is 280 cm³/mol. The molecule has 0 heterocycles. The van der Waals surface area contributed by atoms with Gasteiger partial charge in [0.05, 0.1) is 39.6 Å². The Kier molecular flexibility index (Phi) is 23.6. The van der Waals surface area contributed by atoms with E-state index in [1.54, 1.807) is 57.2 Å². The molecule has 0 unspecified atom stereocenters. The zero-order valence-electron chi connectivity index (χ0n) is 44.2. The highest BCUT2D eigenvalue weighted by molar-refractivity contribution is 7.49. The summed E-state index contributed by atoms with van der Waals surface area (Å²) in [6.07, 6.45) is 1.25. The maximum atomic E-state index is 15.7. The van der Waals surface area contributed by atoms with Gasteiger partial charge in [0.15, 0.2) is 0 Å². The molecule has 0 saturated heterocycles. The molecule has 0 aliphatic carbocycles. The van der Waals surface area contributed by atoms with Crippen LogP contribution in [0.4, 0.5) is 0 Å². The van der Waals surface area contributed by atoms with E-state index in [1.807, 2.05) is 0 Å². The van der Waals surface area contributed by atoms with E-state index in [4.69, 9.17) is 42.0 Å². The number of hydrogen-bond acceptors (Lipinski definition) is 16. The summed E-state index contributed by atoms with van der Waals surface area (Å²) in [5.74, 6) is -3.27. The fraction of sp³-hybridized carbons (Fsp3) is 0.368. The third-order valence-corrected chi connectivity index (χ3v) is 12.5. The van der Waals surface area contributed by atoms with Crippen molar-refractivity contribution in [2.24, 2.45) is 0 Å². The average molecular weight is 1040 g/mol. The minimum absolute atomic E-state index is 0.00469. The van der Waals surface area contributed by atoms with Crippen molar-refractivity contribution in [2.75, 3.05) is 39.6 Å². The molecule has 0 N–H and O–H groups in total. The molecule has 0 radical (unpaired) electrons. The number of esters is 6. The van der Waals surface area contributed by atoms with Gasteiger partial charge in [-0.15, -0.1) is 0 Å². The summed E-state index contributed by atoms with van der Waals surface area (Å²) in [6.45, 7) is 36.0. The summed E-state index contributed by atoms with van der Waals surface area (Å²) >= 11 is 0. The normalized spacial score (nSPS) is 10.8. The Bertz CT molecular complexity index is 2470. The van der Waals surface area contributed by atoms with Crippen LogP contribution in [0.5, 0.6) is 17.2 Å². The first kappa shape index (κ1) is 60.9. The maximum Gasteiger partial charge on any atom is 0.647 e. The van der Waals surface area contributed by atoms with Crippen LogP contribution in [0.3, 0.4) is 0 Å². The summed E-state index contributed by atoms with van der Waals surface area (Å²) in [5, 5.41) is 0. The second-order valence-corrected chi connectivity index (χ2v) is 19.1. The van der Waals surface area contributed by atoms with E-state index in [2.05, 4.69) is 39.5 Å². The lowest BCUT2D eigenvalue weighted by molar-refractivity contribution is -0.139. The SMILES string of the molecule is C=C(C)C(=O)OCCc1ccc(OP(=O)(Oc2ccc(CCOC(=O)C(=C)C)c(CCOC(=O)C(=C)C)c2C)Oc2ccc(CCOC(=O)C(=C)C)c(CCOC(=O)C(=C)C)c2C)c(C)c1CCOC(=O)C(=C)C. The van der Waals surface area contributed by atoms with Gasteiger partial charge in [0.25, 0.3) is 0 Å². The minimum Gasteiger partial charge on any atom is -0.462 e. The van der Waals surface area contributed by atoms with Crippen molar-refractivity contribution in [3.63, 3.8) is 0 Å². The molecule has 74 heavy (non-hydrogen) atoms. The Balaban J connectivity index is 2.28. The van der Waals surface area contributed by atoms with Crippen molar-refractivity contribution >= 4 is 43.6 Å². The monoisotopic (exact) mass is 1040 g/mol. The molecule has 0 spiro atoms. The second-order valence-electron chi connectivity index (χ2n) is 17.7. The van der Waals surface area contributed by atoms with E-state index < -0.39 is 43.6 Å². The van der Waals surface area contributed by atoms with Crippen molar-refractivity contribution < 1.29 is 75.3 Å². The van der Waals surface area contributed by atoms with Crippen LogP contribution in [-0.2, 0) is 100 Å². The Morgan fingerprint density at radius 1 is 0.351 bits per heavy atom. The first-order chi connectivity index (χ1) is 34.8. The fourth-order valence-electron chi connectivity index (χ4n) is 7.07. The lowest BCUT2D eigenvalue weighted by Crippen LogP contribution is -2.15. The number of ether oxygens (including phenoxy) is 6. The molecule has 3 rings (SSSR count). The van der Waals surface area contributed by atoms with Gasteiger partial charge in [0.2, 0.25) is 0 Å². The Morgan fingerprint density at radius 2 is 0.541 bits per heavy atom. The summed E-state index contributed by atoms with van der Waals surface area (Å²) in [7, 11) is -4.90. The highest BCUT2D eigenvalue weighted by Gasteiger charge is 2.36. The van der Waals surface area contributed by atoms with Crippen LogP contribution in [0, 0.1) is 20.8 Å². The van der Waals surface area contributed by atoms with E-state index in [0.29, 0.717) is 50.1 Å². The molecule has 0 aliphatic rings. The minimum atomic E-state index is -4.90. The van der Waals surface area contributed by atoms with Crippen molar-refractivity contribution in [1.82, 2.24) is 0 Å². The fourth-order valence-corrected chi connectivity index (χ4v) is 8.50. The van der Waals surface area contributed by atoms with E-state index in [9.17, 15) is 28.8 Å². The molecule has 0 aliphatic heterocycles. The molecule has 0 fully saturated rings. The van der Waals surface area contributed by atoms with Crippen molar-refractivity contribution in [1.29, 1.82) is 0 Å². The quantitative estimate of drug-likeness (QED) is 0.0264. The van der Waals surface area contributed by atoms with E-state index in [0.717, 1.165) is 0 Å². The molecule has 0 aromatic heterocycles. The van der Waals surface area contributed by atoms with Gasteiger partial charge in [-0.25, -0.2) is 28.8 Å². The highest BCUT2D eigenvalue weighted by atomic mass is 31.2. The molecule has 0 amide bonds.